The van der Waals surface area contributed by atoms with E-state index < -0.39 is 6.09 Å². The fraction of sp³-hybridized carbons (Fsp3) is 0.231. The number of allylic oxidation sites excluding steroid dienone is 1. The van der Waals surface area contributed by atoms with E-state index in [4.69, 9.17) is 4.74 Å². The Bertz CT molecular complexity index is 1140. The van der Waals surface area contributed by atoms with Gasteiger partial charge in [-0.1, -0.05) is 12.1 Å². The smallest absolute Gasteiger partial charge is 0.412 e. The molecule has 1 saturated heterocycles. The van der Waals surface area contributed by atoms with E-state index in [0.29, 0.717) is 16.9 Å². The third-order valence-corrected chi connectivity index (χ3v) is 5.48. The van der Waals surface area contributed by atoms with E-state index in [1.54, 1.807) is 48.7 Å². The number of hydrogen-bond acceptors (Lipinski definition) is 7. The Labute approximate surface area is 198 Å². The molecule has 34 heavy (non-hydrogen) atoms. The maximum atomic E-state index is 12.6. The van der Waals surface area contributed by atoms with Crippen LogP contribution in [-0.2, 0) is 11.3 Å². The number of ketones is 1. The second-order valence-electron chi connectivity index (χ2n) is 8.01. The van der Waals surface area contributed by atoms with Gasteiger partial charge in [0.15, 0.2) is 5.78 Å². The maximum absolute atomic E-state index is 12.6. The van der Waals surface area contributed by atoms with E-state index in [9.17, 15) is 9.59 Å². The highest BCUT2D eigenvalue weighted by atomic mass is 16.5. The first-order chi connectivity index (χ1) is 16.6. The Kier molecular flexibility index (Phi) is 7.62. The molecule has 0 atom stereocenters. The minimum Gasteiger partial charge on any atom is -0.443 e. The van der Waals surface area contributed by atoms with E-state index in [1.807, 2.05) is 24.3 Å². The highest BCUT2D eigenvalue weighted by Gasteiger charge is 2.15. The van der Waals surface area contributed by atoms with Crippen LogP contribution in [0.5, 0.6) is 0 Å². The summed E-state index contributed by atoms with van der Waals surface area (Å²) in [5, 5.41) is 2.64. The number of carbonyl (C=O) groups is 2. The number of anilines is 2. The molecule has 1 aromatic carbocycles. The van der Waals surface area contributed by atoms with Crippen molar-refractivity contribution in [2.45, 2.75) is 6.61 Å². The van der Waals surface area contributed by atoms with Gasteiger partial charge in [-0.05, 0) is 67.7 Å². The zero-order valence-corrected chi connectivity index (χ0v) is 19.1. The second-order valence-corrected chi connectivity index (χ2v) is 8.01. The van der Waals surface area contributed by atoms with Gasteiger partial charge < -0.3 is 14.5 Å². The van der Waals surface area contributed by atoms with Crippen LogP contribution in [0.15, 0.2) is 72.9 Å². The number of carbonyl (C=O) groups excluding carboxylic acids is 2. The first-order valence-electron chi connectivity index (χ1n) is 11.1. The zero-order chi connectivity index (χ0) is 23.8. The highest BCUT2D eigenvalue weighted by Crippen LogP contribution is 2.16. The standard InChI is InChI=1S/C26H27N5O3/c1-30-15-17-31(18-16-30)25-7-4-6-21(28-25)12-13-24(32)20-8-10-22(11-9-20)29-26(33)34-19-23-5-2-3-14-27-23/h2-14H,15-19H2,1H3,(H,29,33). The molecule has 1 fully saturated rings. The molecule has 8 nitrogen and oxygen atoms in total. The van der Waals surface area contributed by atoms with E-state index in [1.165, 1.54) is 6.08 Å². The molecule has 1 amide bonds. The number of hydrogen-bond donors (Lipinski definition) is 1. The van der Waals surface area contributed by atoms with Crippen molar-refractivity contribution >= 4 is 29.5 Å². The molecule has 1 aliphatic rings. The summed E-state index contributed by atoms with van der Waals surface area (Å²) in [6.45, 7) is 3.97. The molecule has 3 aromatic rings. The van der Waals surface area contributed by atoms with Gasteiger partial charge in [-0.25, -0.2) is 9.78 Å². The molecule has 1 aliphatic heterocycles. The Hall–Kier alpha value is -4.04. The lowest BCUT2D eigenvalue weighted by Crippen LogP contribution is -2.44. The summed E-state index contributed by atoms with van der Waals surface area (Å²) in [5.74, 6) is 0.782. The number of nitrogens with zero attached hydrogens (tertiary/aromatic N) is 4. The molecule has 0 unspecified atom stereocenters. The molecule has 1 N–H and O–H groups in total. The molecular weight excluding hydrogens is 430 g/mol. The third-order valence-electron chi connectivity index (χ3n) is 5.48. The maximum Gasteiger partial charge on any atom is 0.412 e. The SMILES string of the molecule is CN1CCN(c2cccc(C=CC(=O)c3ccc(NC(=O)OCc4ccccn4)cc3)n2)CC1. The van der Waals surface area contributed by atoms with Crippen LogP contribution in [0.3, 0.4) is 0 Å². The number of benzene rings is 1. The van der Waals surface area contributed by atoms with E-state index in [2.05, 4.69) is 32.1 Å². The molecule has 0 saturated carbocycles. The second kappa shape index (κ2) is 11.2. The lowest BCUT2D eigenvalue weighted by Gasteiger charge is -2.33. The van der Waals surface area contributed by atoms with Crippen LogP contribution in [0.1, 0.15) is 21.7 Å². The molecule has 2 aromatic heterocycles. The van der Waals surface area contributed by atoms with Gasteiger partial charge in [-0.15, -0.1) is 0 Å². The van der Waals surface area contributed by atoms with Crippen molar-refractivity contribution in [2.75, 3.05) is 43.4 Å². The molecular formula is C26H27N5O3. The average molecular weight is 458 g/mol. The van der Waals surface area contributed by atoms with Gasteiger partial charge in [0, 0.05) is 43.6 Å². The Morgan fingerprint density at radius 3 is 2.53 bits per heavy atom. The van der Waals surface area contributed by atoms with Gasteiger partial charge in [0.1, 0.15) is 12.4 Å². The summed E-state index contributed by atoms with van der Waals surface area (Å²) < 4.78 is 5.15. The summed E-state index contributed by atoms with van der Waals surface area (Å²) in [7, 11) is 2.12. The molecule has 8 heteroatoms. The van der Waals surface area contributed by atoms with Crippen LogP contribution < -0.4 is 10.2 Å². The average Bonchev–Trinajstić information content (AvgIpc) is 2.88. The number of ether oxygens (including phenoxy) is 1. The van der Waals surface area contributed by atoms with Crippen molar-refractivity contribution in [3.8, 4) is 0 Å². The van der Waals surface area contributed by atoms with Crippen LogP contribution in [0.2, 0.25) is 0 Å². The Balaban J connectivity index is 1.30. The monoisotopic (exact) mass is 457 g/mol. The third kappa shape index (κ3) is 6.49. The molecule has 0 aliphatic carbocycles. The fourth-order valence-electron chi connectivity index (χ4n) is 3.50. The van der Waals surface area contributed by atoms with Crippen LogP contribution in [0.4, 0.5) is 16.3 Å². The molecule has 0 bridgehead atoms. The van der Waals surface area contributed by atoms with Gasteiger partial charge in [0.05, 0.1) is 11.4 Å². The van der Waals surface area contributed by atoms with E-state index in [0.717, 1.165) is 37.7 Å². The van der Waals surface area contributed by atoms with Crippen molar-refractivity contribution in [3.63, 3.8) is 0 Å². The first-order valence-corrected chi connectivity index (χ1v) is 11.1. The summed E-state index contributed by atoms with van der Waals surface area (Å²) in [6, 6.07) is 17.9. The van der Waals surface area contributed by atoms with Crippen molar-refractivity contribution in [2.24, 2.45) is 0 Å². The number of aromatic nitrogens is 2. The highest BCUT2D eigenvalue weighted by molar-refractivity contribution is 6.07. The van der Waals surface area contributed by atoms with Crippen LogP contribution in [0.25, 0.3) is 6.08 Å². The minimum absolute atomic E-state index is 0.0814. The molecule has 0 spiro atoms. The quantitative estimate of drug-likeness (QED) is 0.426. The summed E-state index contributed by atoms with van der Waals surface area (Å²) >= 11 is 0. The van der Waals surface area contributed by atoms with Crippen LogP contribution in [-0.4, -0.2) is 60.0 Å². The van der Waals surface area contributed by atoms with Gasteiger partial charge in [-0.3, -0.25) is 15.1 Å². The van der Waals surface area contributed by atoms with Crippen molar-refractivity contribution < 1.29 is 14.3 Å². The topological polar surface area (TPSA) is 87.7 Å². The largest absolute Gasteiger partial charge is 0.443 e. The summed E-state index contributed by atoms with van der Waals surface area (Å²) in [6.07, 6.45) is 4.29. The van der Waals surface area contributed by atoms with Gasteiger partial charge in [0.2, 0.25) is 0 Å². The number of amides is 1. The predicted octanol–water partition coefficient (Wildman–Crippen LogP) is 3.87. The van der Waals surface area contributed by atoms with Crippen molar-refractivity contribution in [1.82, 2.24) is 14.9 Å². The number of pyridine rings is 2. The predicted molar refractivity (Wildman–Crippen MR) is 132 cm³/mol. The van der Waals surface area contributed by atoms with Crippen LogP contribution in [0, 0.1) is 0 Å². The normalized spacial score (nSPS) is 14.2. The first kappa shape index (κ1) is 23.1. The van der Waals surface area contributed by atoms with Crippen molar-refractivity contribution in [1.29, 1.82) is 0 Å². The van der Waals surface area contributed by atoms with E-state index in [-0.39, 0.29) is 12.4 Å². The van der Waals surface area contributed by atoms with Gasteiger partial charge in [-0.2, -0.15) is 0 Å². The summed E-state index contributed by atoms with van der Waals surface area (Å²) in [5.41, 5.74) is 2.44. The van der Waals surface area contributed by atoms with Gasteiger partial charge >= 0.3 is 6.09 Å². The van der Waals surface area contributed by atoms with E-state index >= 15 is 0 Å². The lowest BCUT2D eigenvalue weighted by molar-refractivity contribution is 0.104. The number of piperazine rings is 1. The zero-order valence-electron chi connectivity index (χ0n) is 19.1. The molecule has 0 radical (unpaired) electrons. The number of likely N-dealkylation sites (N-methyl/N-ethyl adjacent to an activating group) is 1. The van der Waals surface area contributed by atoms with Gasteiger partial charge in [0.25, 0.3) is 0 Å². The van der Waals surface area contributed by atoms with Crippen molar-refractivity contribution in [3.05, 3.63) is 89.9 Å². The fourth-order valence-corrected chi connectivity index (χ4v) is 3.50. The Morgan fingerprint density at radius 2 is 1.79 bits per heavy atom. The Morgan fingerprint density at radius 1 is 1.00 bits per heavy atom. The summed E-state index contributed by atoms with van der Waals surface area (Å²) in [4.78, 5) is 37.9. The molecule has 3 heterocycles. The lowest BCUT2D eigenvalue weighted by atomic mass is 10.1. The number of nitrogens with one attached hydrogen (secondary N) is 1. The molecule has 4 rings (SSSR count). The molecule has 174 valence electrons. The minimum atomic E-state index is -0.587. The van der Waals surface area contributed by atoms with Crippen LogP contribution >= 0.6 is 0 Å². The number of rotatable bonds is 7.